The molecule has 0 amide bonds. The summed E-state index contributed by atoms with van der Waals surface area (Å²) in [6.45, 7) is 6.04. The lowest BCUT2D eigenvalue weighted by Gasteiger charge is -2.23. The molecule has 1 unspecified atom stereocenters. The van der Waals surface area contributed by atoms with Gasteiger partial charge in [-0.25, -0.2) is 0 Å². The predicted molar refractivity (Wildman–Crippen MR) is 84.5 cm³/mol. The number of benzene rings is 1. The molecule has 21 heavy (non-hydrogen) atoms. The van der Waals surface area contributed by atoms with Crippen LogP contribution in [0.5, 0.6) is 0 Å². The third-order valence-electron chi connectivity index (χ3n) is 2.90. The molecule has 0 radical (unpaired) electrons. The van der Waals surface area contributed by atoms with Crippen molar-refractivity contribution in [3.63, 3.8) is 0 Å². The number of halogens is 1. The standard InChI is InChI=1S/C14H19BrN2O4/c1-14(2,3)7-9(13(18)19)8-16-11-5-4-10(15)6-12(11)17(20)21/h4-6,9,16H,7-8H2,1-3H3,(H,18,19). The Hall–Kier alpha value is -1.63. The molecular formula is C14H19BrN2O4. The summed E-state index contributed by atoms with van der Waals surface area (Å²) >= 11 is 3.18. The Kier molecular flexibility index (Phi) is 5.71. The van der Waals surface area contributed by atoms with Gasteiger partial charge in [0.2, 0.25) is 0 Å². The van der Waals surface area contributed by atoms with Crippen LogP contribution < -0.4 is 5.32 Å². The van der Waals surface area contributed by atoms with E-state index in [4.69, 9.17) is 0 Å². The first-order valence-corrected chi connectivity index (χ1v) is 7.30. The van der Waals surface area contributed by atoms with Gasteiger partial charge in [0.15, 0.2) is 0 Å². The quantitative estimate of drug-likeness (QED) is 0.594. The monoisotopic (exact) mass is 358 g/mol. The highest BCUT2D eigenvalue weighted by Crippen LogP contribution is 2.29. The van der Waals surface area contributed by atoms with Gasteiger partial charge in [0.1, 0.15) is 5.69 Å². The Balaban J connectivity index is 2.86. The maximum Gasteiger partial charge on any atom is 0.308 e. The Morgan fingerprint density at radius 1 is 1.48 bits per heavy atom. The van der Waals surface area contributed by atoms with Crippen molar-refractivity contribution in [2.75, 3.05) is 11.9 Å². The van der Waals surface area contributed by atoms with Crippen molar-refractivity contribution in [1.82, 2.24) is 0 Å². The van der Waals surface area contributed by atoms with Gasteiger partial charge in [-0.1, -0.05) is 36.7 Å². The number of rotatable bonds is 6. The number of aliphatic carboxylic acids is 1. The molecule has 2 N–H and O–H groups in total. The van der Waals surface area contributed by atoms with Crippen LogP contribution in [0, 0.1) is 21.4 Å². The second kappa shape index (κ2) is 6.89. The van der Waals surface area contributed by atoms with Gasteiger partial charge in [0.25, 0.3) is 5.69 Å². The van der Waals surface area contributed by atoms with Gasteiger partial charge in [0, 0.05) is 17.1 Å². The largest absolute Gasteiger partial charge is 0.481 e. The molecule has 0 fully saturated rings. The Morgan fingerprint density at radius 3 is 2.57 bits per heavy atom. The van der Waals surface area contributed by atoms with Crippen LogP contribution in [0.15, 0.2) is 22.7 Å². The molecule has 0 aliphatic rings. The summed E-state index contributed by atoms with van der Waals surface area (Å²) in [5.41, 5.74) is 0.115. The van der Waals surface area contributed by atoms with Gasteiger partial charge in [-0.2, -0.15) is 0 Å². The van der Waals surface area contributed by atoms with Crippen LogP contribution >= 0.6 is 15.9 Å². The van der Waals surface area contributed by atoms with E-state index in [0.29, 0.717) is 16.6 Å². The number of anilines is 1. The summed E-state index contributed by atoms with van der Waals surface area (Å²) in [7, 11) is 0. The van der Waals surface area contributed by atoms with Crippen LogP contribution in [0.1, 0.15) is 27.2 Å². The summed E-state index contributed by atoms with van der Waals surface area (Å²) in [6, 6.07) is 4.63. The maximum atomic E-state index is 11.3. The number of nitrogens with one attached hydrogen (secondary N) is 1. The average molecular weight is 359 g/mol. The first-order chi connectivity index (χ1) is 9.60. The van der Waals surface area contributed by atoms with Gasteiger partial charge >= 0.3 is 5.97 Å². The van der Waals surface area contributed by atoms with Crippen molar-refractivity contribution >= 4 is 33.3 Å². The molecule has 0 heterocycles. The van der Waals surface area contributed by atoms with Crippen LogP contribution in [0.3, 0.4) is 0 Å². The predicted octanol–water partition coefficient (Wildman–Crippen LogP) is 3.91. The minimum absolute atomic E-state index is 0.0794. The summed E-state index contributed by atoms with van der Waals surface area (Å²) in [5, 5.41) is 23.1. The lowest BCUT2D eigenvalue weighted by molar-refractivity contribution is -0.384. The normalized spacial score (nSPS) is 12.8. The van der Waals surface area contributed by atoms with E-state index in [-0.39, 0.29) is 17.6 Å². The highest BCUT2D eigenvalue weighted by molar-refractivity contribution is 9.10. The van der Waals surface area contributed by atoms with Crippen molar-refractivity contribution in [2.45, 2.75) is 27.2 Å². The molecule has 1 rings (SSSR count). The molecule has 0 saturated carbocycles. The van der Waals surface area contributed by atoms with Crippen LogP contribution in [-0.4, -0.2) is 22.5 Å². The number of nitro benzene ring substituents is 1. The lowest BCUT2D eigenvalue weighted by atomic mass is 9.84. The van der Waals surface area contributed by atoms with E-state index in [0.717, 1.165) is 0 Å². The number of carbonyl (C=O) groups is 1. The van der Waals surface area contributed by atoms with E-state index in [2.05, 4.69) is 21.2 Å². The molecular weight excluding hydrogens is 340 g/mol. The molecule has 0 aliphatic carbocycles. The van der Waals surface area contributed by atoms with Crippen LogP contribution in [0.2, 0.25) is 0 Å². The fraction of sp³-hybridized carbons (Fsp3) is 0.500. The second-order valence-electron chi connectivity index (χ2n) is 6.10. The summed E-state index contributed by atoms with van der Waals surface area (Å²) in [6.07, 6.45) is 0.486. The maximum absolute atomic E-state index is 11.3. The highest BCUT2D eigenvalue weighted by atomic mass is 79.9. The van der Waals surface area contributed by atoms with Crippen molar-refractivity contribution in [1.29, 1.82) is 0 Å². The molecule has 0 spiro atoms. The SMILES string of the molecule is CC(C)(C)CC(CNc1ccc(Br)cc1[N+](=O)[O-])C(=O)O. The molecule has 7 heteroatoms. The molecule has 1 aromatic rings. The summed E-state index contributed by atoms with van der Waals surface area (Å²) in [5.74, 6) is -1.51. The zero-order valence-corrected chi connectivity index (χ0v) is 13.8. The van der Waals surface area contributed by atoms with Gasteiger partial charge in [-0.15, -0.1) is 0 Å². The van der Waals surface area contributed by atoms with Crippen molar-refractivity contribution < 1.29 is 14.8 Å². The Morgan fingerprint density at radius 2 is 2.10 bits per heavy atom. The van der Waals surface area contributed by atoms with Crippen molar-refractivity contribution in [2.24, 2.45) is 11.3 Å². The molecule has 116 valence electrons. The fourth-order valence-corrected chi connectivity index (χ4v) is 2.37. The van der Waals surface area contributed by atoms with Crippen molar-refractivity contribution in [3.05, 3.63) is 32.8 Å². The van der Waals surface area contributed by atoms with Gasteiger partial charge < -0.3 is 10.4 Å². The van der Waals surface area contributed by atoms with Gasteiger partial charge in [-0.3, -0.25) is 14.9 Å². The van der Waals surface area contributed by atoms with Crippen LogP contribution in [0.25, 0.3) is 0 Å². The van der Waals surface area contributed by atoms with E-state index in [1.165, 1.54) is 6.07 Å². The van der Waals surface area contributed by atoms with E-state index >= 15 is 0 Å². The Labute approximate surface area is 131 Å². The summed E-state index contributed by atoms with van der Waals surface area (Å²) < 4.78 is 0.601. The number of carboxylic acid groups (broad SMARTS) is 1. The minimum Gasteiger partial charge on any atom is -0.481 e. The smallest absolute Gasteiger partial charge is 0.308 e. The number of carboxylic acids is 1. The van der Waals surface area contributed by atoms with Gasteiger partial charge in [-0.05, 0) is 24.0 Å². The number of hydrogen-bond acceptors (Lipinski definition) is 4. The molecule has 0 bridgehead atoms. The molecule has 0 aromatic heterocycles. The highest BCUT2D eigenvalue weighted by Gasteiger charge is 2.25. The summed E-state index contributed by atoms with van der Waals surface area (Å²) in [4.78, 5) is 21.8. The molecule has 1 atom stereocenters. The lowest BCUT2D eigenvalue weighted by Crippen LogP contribution is -2.27. The zero-order chi connectivity index (χ0) is 16.2. The first kappa shape index (κ1) is 17.4. The molecule has 0 aliphatic heterocycles. The first-order valence-electron chi connectivity index (χ1n) is 6.51. The average Bonchev–Trinajstić information content (AvgIpc) is 2.33. The van der Waals surface area contributed by atoms with Crippen LogP contribution in [-0.2, 0) is 4.79 Å². The molecule has 0 saturated heterocycles. The van der Waals surface area contributed by atoms with Gasteiger partial charge in [0.05, 0.1) is 10.8 Å². The Bertz CT molecular complexity index is 540. The van der Waals surface area contributed by atoms with Crippen LogP contribution in [0.4, 0.5) is 11.4 Å². The fourth-order valence-electron chi connectivity index (χ4n) is 2.02. The molecule has 6 nitrogen and oxygen atoms in total. The third kappa shape index (κ3) is 5.71. The number of nitro groups is 1. The second-order valence-corrected chi connectivity index (χ2v) is 7.02. The third-order valence-corrected chi connectivity index (χ3v) is 3.40. The van der Waals surface area contributed by atoms with Crippen molar-refractivity contribution in [3.8, 4) is 0 Å². The van der Waals surface area contributed by atoms with E-state index in [9.17, 15) is 20.0 Å². The number of nitrogens with zero attached hydrogens (tertiary/aromatic N) is 1. The number of hydrogen-bond donors (Lipinski definition) is 2. The van der Waals surface area contributed by atoms with E-state index in [1.807, 2.05) is 20.8 Å². The zero-order valence-electron chi connectivity index (χ0n) is 12.2. The van der Waals surface area contributed by atoms with E-state index in [1.54, 1.807) is 12.1 Å². The topological polar surface area (TPSA) is 92.5 Å². The minimum atomic E-state index is -0.905. The van der Waals surface area contributed by atoms with E-state index < -0.39 is 16.8 Å². The molecule has 1 aromatic carbocycles.